The molecule has 0 bridgehead atoms. The van der Waals surface area contributed by atoms with E-state index in [4.69, 9.17) is 0 Å². The number of pyridine rings is 1. The first-order chi connectivity index (χ1) is 9.63. The molecule has 0 aliphatic rings. The Balaban J connectivity index is 1.85. The van der Waals surface area contributed by atoms with Gasteiger partial charge in [-0.2, -0.15) is 0 Å². The highest BCUT2D eigenvalue weighted by atomic mass is 19.2. The highest BCUT2D eigenvalue weighted by Crippen LogP contribution is 2.15. The monoisotopic (exact) mass is 273 g/mol. The van der Waals surface area contributed by atoms with Crippen molar-refractivity contribution < 1.29 is 13.6 Å². The third-order valence-electron chi connectivity index (χ3n) is 2.83. The van der Waals surface area contributed by atoms with Crippen LogP contribution in [0, 0.1) is 11.6 Å². The molecule has 2 N–H and O–H groups in total. The van der Waals surface area contributed by atoms with Crippen LogP contribution in [0.3, 0.4) is 0 Å². The molecule has 0 aliphatic heterocycles. The van der Waals surface area contributed by atoms with Crippen LogP contribution < -0.4 is 5.32 Å². The number of halogens is 2. The minimum absolute atomic E-state index is 0.0277. The number of carbonyl (C=O) groups is 1. The van der Waals surface area contributed by atoms with Gasteiger partial charge in [-0.3, -0.25) is 4.79 Å². The molecule has 0 spiro atoms. The second-order valence-electron chi connectivity index (χ2n) is 4.19. The van der Waals surface area contributed by atoms with E-state index in [9.17, 15) is 13.6 Å². The lowest BCUT2D eigenvalue weighted by molar-refractivity contribution is 0.102. The Morgan fingerprint density at radius 3 is 2.75 bits per heavy atom. The van der Waals surface area contributed by atoms with Crippen molar-refractivity contribution in [2.75, 3.05) is 5.32 Å². The Bertz CT molecular complexity index is 798. The van der Waals surface area contributed by atoms with E-state index < -0.39 is 17.5 Å². The highest BCUT2D eigenvalue weighted by Gasteiger charge is 2.10. The third-order valence-corrected chi connectivity index (χ3v) is 2.83. The number of hydrogen-bond acceptors (Lipinski definition) is 2. The molecule has 0 atom stereocenters. The van der Waals surface area contributed by atoms with E-state index in [0.717, 1.165) is 17.6 Å². The van der Waals surface area contributed by atoms with Crippen molar-refractivity contribution in [3.05, 3.63) is 59.8 Å². The van der Waals surface area contributed by atoms with Gasteiger partial charge in [0.25, 0.3) is 5.91 Å². The zero-order valence-electron chi connectivity index (χ0n) is 10.2. The van der Waals surface area contributed by atoms with Crippen molar-refractivity contribution in [1.29, 1.82) is 0 Å². The smallest absolute Gasteiger partial charge is 0.256 e. The first-order valence-electron chi connectivity index (χ1n) is 5.84. The number of nitrogens with one attached hydrogen (secondary N) is 2. The number of amides is 1. The Morgan fingerprint density at radius 1 is 1.10 bits per heavy atom. The molecular weight excluding hydrogens is 264 g/mol. The first kappa shape index (κ1) is 12.3. The van der Waals surface area contributed by atoms with Crippen LogP contribution in [-0.2, 0) is 0 Å². The molecule has 0 unspecified atom stereocenters. The van der Waals surface area contributed by atoms with Crippen molar-refractivity contribution >= 4 is 22.8 Å². The molecule has 0 saturated heterocycles. The van der Waals surface area contributed by atoms with Crippen LogP contribution in [0.5, 0.6) is 0 Å². The SMILES string of the molecule is O=C(Nc1ccc2[nH]ccc2n1)c1ccc(F)c(F)c1. The minimum Gasteiger partial charge on any atom is -0.360 e. The van der Waals surface area contributed by atoms with Crippen LogP contribution in [0.1, 0.15) is 10.4 Å². The minimum atomic E-state index is -1.06. The fourth-order valence-corrected chi connectivity index (χ4v) is 1.83. The fourth-order valence-electron chi connectivity index (χ4n) is 1.83. The maximum atomic E-state index is 13.1. The molecule has 3 aromatic rings. The number of benzene rings is 1. The van der Waals surface area contributed by atoms with Crippen molar-refractivity contribution in [3.8, 4) is 0 Å². The summed E-state index contributed by atoms with van der Waals surface area (Å²) in [6, 6.07) is 8.12. The Hall–Kier alpha value is -2.76. The van der Waals surface area contributed by atoms with Gasteiger partial charge in [0.1, 0.15) is 5.82 Å². The number of carbonyl (C=O) groups excluding carboxylic acids is 1. The van der Waals surface area contributed by atoms with Gasteiger partial charge in [0.05, 0.1) is 11.0 Å². The van der Waals surface area contributed by atoms with Crippen LogP contribution >= 0.6 is 0 Å². The van der Waals surface area contributed by atoms with Gasteiger partial charge in [-0.25, -0.2) is 13.8 Å². The van der Waals surface area contributed by atoms with Gasteiger partial charge in [-0.15, -0.1) is 0 Å². The summed E-state index contributed by atoms with van der Waals surface area (Å²) in [4.78, 5) is 19.1. The number of H-pyrrole nitrogens is 1. The average molecular weight is 273 g/mol. The first-order valence-corrected chi connectivity index (χ1v) is 5.84. The van der Waals surface area contributed by atoms with E-state index >= 15 is 0 Å². The van der Waals surface area contributed by atoms with Crippen molar-refractivity contribution in [1.82, 2.24) is 9.97 Å². The zero-order valence-corrected chi connectivity index (χ0v) is 10.2. The summed E-state index contributed by atoms with van der Waals surface area (Å²) in [7, 11) is 0. The summed E-state index contributed by atoms with van der Waals surface area (Å²) in [5.74, 6) is -2.27. The molecule has 0 aliphatic carbocycles. The molecule has 2 aromatic heterocycles. The summed E-state index contributed by atoms with van der Waals surface area (Å²) in [5.41, 5.74) is 1.57. The van der Waals surface area contributed by atoms with Gasteiger partial charge in [0.2, 0.25) is 0 Å². The summed E-state index contributed by atoms with van der Waals surface area (Å²) >= 11 is 0. The van der Waals surface area contributed by atoms with Crippen LogP contribution in [0.15, 0.2) is 42.6 Å². The predicted molar refractivity (Wildman–Crippen MR) is 70.4 cm³/mol. The number of aromatic amines is 1. The molecule has 100 valence electrons. The molecule has 4 nitrogen and oxygen atoms in total. The maximum Gasteiger partial charge on any atom is 0.256 e. The topological polar surface area (TPSA) is 57.8 Å². The van der Waals surface area contributed by atoms with Crippen LogP contribution in [0.2, 0.25) is 0 Å². The van der Waals surface area contributed by atoms with E-state index in [2.05, 4.69) is 15.3 Å². The number of hydrogen-bond donors (Lipinski definition) is 2. The highest BCUT2D eigenvalue weighted by molar-refractivity contribution is 6.04. The van der Waals surface area contributed by atoms with Gasteiger partial charge < -0.3 is 10.3 Å². The zero-order chi connectivity index (χ0) is 14.1. The van der Waals surface area contributed by atoms with Gasteiger partial charge in [-0.05, 0) is 36.4 Å². The van der Waals surface area contributed by atoms with Gasteiger partial charge in [0.15, 0.2) is 11.6 Å². The third kappa shape index (κ3) is 2.23. The van der Waals surface area contributed by atoms with Crippen LogP contribution in [-0.4, -0.2) is 15.9 Å². The van der Waals surface area contributed by atoms with Gasteiger partial charge in [-0.1, -0.05) is 0 Å². The number of nitrogens with zero attached hydrogens (tertiary/aromatic N) is 1. The number of aromatic nitrogens is 2. The lowest BCUT2D eigenvalue weighted by Crippen LogP contribution is -2.13. The normalized spacial score (nSPS) is 10.7. The maximum absolute atomic E-state index is 13.1. The van der Waals surface area contributed by atoms with E-state index in [-0.39, 0.29) is 5.56 Å². The summed E-state index contributed by atoms with van der Waals surface area (Å²) in [6.07, 6.45) is 1.73. The Labute approximate surface area is 112 Å². The fraction of sp³-hybridized carbons (Fsp3) is 0. The molecule has 6 heteroatoms. The predicted octanol–water partition coefficient (Wildman–Crippen LogP) is 3.09. The number of rotatable bonds is 2. The molecule has 20 heavy (non-hydrogen) atoms. The van der Waals surface area contributed by atoms with Crippen LogP contribution in [0.25, 0.3) is 11.0 Å². The van der Waals surface area contributed by atoms with Crippen molar-refractivity contribution in [2.45, 2.75) is 0 Å². The molecular formula is C14H9F2N3O. The average Bonchev–Trinajstić information content (AvgIpc) is 2.89. The van der Waals surface area contributed by atoms with Gasteiger partial charge in [0, 0.05) is 11.8 Å². The standard InChI is InChI=1S/C14H9F2N3O/c15-9-2-1-8(7-10(9)16)14(20)19-13-4-3-11-12(18-13)5-6-17-11/h1-7,17H,(H,18,19,20). The molecule has 2 heterocycles. The number of anilines is 1. The van der Waals surface area contributed by atoms with Crippen LogP contribution in [0.4, 0.5) is 14.6 Å². The molecule has 0 saturated carbocycles. The Kier molecular flexibility index (Phi) is 2.90. The molecule has 3 rings (SSSR count). The molecule has 1 amide bonds. The molecule has 0 fully saturated rings. The van der Waals surface area contributed by atoms with Gasteiger partial charge >= 0.3 is 0 Å². The summed E-state index contributed by atoms with van der Waals surface area (Å²) in [5, 5.41) is 2.53. The second kappa shape index (κ2) is 4.73. The lowest BCUT2D eigenvalue weighted by Gasteiger charge is -2.05. The lowest BCUT2D eigenvalue weighted by atomic mass is 10.2. The second-order valence-corrected chi connectivity index (χ2v) is 4.19. The summed E-state index contributed by atoms with van der Waals surface area (Å²) < 4.78 is 25.9. The van der Waals surface area contributed by atoms with E-state index in [1.165, 1.54) is 6.07 Å². The van der Waals surface area contributed by atoms with Crippen molar-refractivity contribution in [3.63, 3.8) is 0 Å². The van der Waals surface area contributed by atoms with E-state index in [1.54, 1.807) is 24.4 Å². The Morgan fingerprint density at radius 2 is 1.95 bits per heavy atom. The van der Waals surface area contributed by atoms with E-state index in [1.807, 2.05) is 0 Å². The molecule has 0 radical (unpaired) electrons. The van der Waals surface area contributed by atoms with Crippen molar-refractivity contribution in [2.24, 2.45) is 0 Å². The largest absolute Gasteiger partial charge is 0.360 e. The summed E-state index contributed by atoms with van der Waals surface area (Å²) in [6.45, 7) is 0. The van der Waals surface area contributed by atoms with E-state index in [0.29, 0.717) is 11.3 Å². The molecule has 1 aromatic carbocycles. The number of fused-ring (bicyclic) bond motifs is 1. The quantitative estimate of drug-likeness (QED) is 0.753.